The molecule has 0 heterocycles. The van der Waals surface area contributed by atoms with E-state index >= 15 is 0 Å². The summed E-state index contributed by atoms with van der Waals surface area (Å²) in [6.45, 7) is 3.90. The highest BCUT2D eigenvalue weighted by Gasteiger charge is 2.19. The fourth-order valence-corrected chi connectivity index (χ4v) is 2.35. The minimum absolute atomic E-state index is 0.955. The summed E-state index contributed by atoms with van der Waals surface area (Å²) in [5, 5.41) is 0. The molecule has 0 amide bonds. The summed E-state index contributed by atoms with van der Waals surface area (Å²) in [5.41, 5.74) is 0. The number of alkyl halides is 1. The Hall–Kier alpha value is 0.730. The molecule has 0 nitrogen and oxygen atoms in total. The molecule has 2 atom stereocenters. The van der Waals surface area contributed by atoms with Crippen LogP contribution in [-0.2, 0) is 0 Å². The van der Waals surface area contributed by atoms with Gasteiger partial charge in [0.25, 0.3) is 0 Å². The van der Waals surface area contributed by atoms with Crippen LogP contribution in [0.4, 0.5) is 0 Å². The van der Waals surface area contributed by atoms with Gasteiger partial charge < -0.3 is 0 Å². The molecule has 2 unspecified atom stereocenters. The lowest BCUT2D eigenvalue weighted by molar-refractivity contribution is 0.559. The van der Waals surface area contributed by atoms with Crippen molar-refractivity contribution in [3.05, 3.63) is 6.92 Å². The molecule has 0 aliphatic heterocycles. The van der Waals surface area contributed by atoms with Crippen molar-refractivity contribution in [3.8, 4) is 0 Å². The van der Waals surface area contributed by atoms with Crippen LogP contribution in [-0.4, -0.2) is 3.92 Å². The van der Waals surface area contributed by atoms with E-state index < -0.39 is 0 Å². The molecule has 8 heavy (non-hydrogen) atoms. The molecule has 1 aliphatic carbocycles. The van der Waals surface area contributed by atoms with Crippen molar-refractivity contribution >= 4 is 22.6 Å². The average Bonchev–Trinajstić information content (AvgIpc) is 2.14. The molecular formula is C7H12I. The lowest BCUT2D eigenvalue weighted by Gasteiger charge is -2.01. The zero-order chi connectivity index (χ0) is 5.98. The second kappa shape index (κ2) is 3.04. The van der Waals surface area contributed by atoms with Crippen LogP contribution in [0, 0.1) is 12.8 Å². The smallest absolute Gasteiger partial charge is 0.0112 e. The van der Waals surface area contributed by atoms with Gasteiger partial charge in [-0.1, -0.05) is 35.9 Å². The van der Waals surface area contributed by atoms with E-state index in [1.165, 1.54) is 19.3 Å². The van der Waals surface area contributed by atoms with Crippen molar-refractivity contribution in [2.24, 2.45) is 5.92 Å². The third-order valence-corrected chi connectivity index (χ3v) is 3.02. The molecule has 0 spiro atoms. The van der Waals surface area contributed by atoms with Crippen molar-refractivity contribution in [3.63, 3.8) is 0 Å². The first kappa shape index (κ1) is 6.84. The van der Waals surface area contributed by atoms with E-state index in [-0.39, 0.29) is 0 Å². The van der Waals surface area contributed by atoms with E-state index in [0.29, 0.717) is 0 Å². The largest absolute Gasteiger partial charge is 0.0826 e. The molecule has 0 aromatic rings. The number of hydrogen-bond donors (Lipinski definition) is 0. The topological polar surface area (TPSA) is 0 Å². The predicted molar refractivity (Wildman–Crippen MR) is 45.1 cm³/mol. The van der Waals surface area contributed by atoms with Gasteiger partial charge in [-0.25, -0.2) is 0 Å². The van der Waals surface area contributed by atoms with E-state index in [9.17, 15) is 0 Å². The number of rotatable bonds is 1. The zero-order valence-corrected chi connectivity index (χ0v) is 7.23. The van der Waals surface area contributed by atoms with Crippen LogP contribution < -0.4 is 0 Å². The van der Waals surface area contributed by atoms with Gasteiger partial charge in [-0.2, -0.15) is 0 Å². The fraction of sp³-hybridized carbons (Fsp3) is 0.857. The standard InChI is InChI=1S/C7H12I/c1-2-6-3-4-7(8)5-6/h6-7H,1-5H2. The quantitative estimate of drug-likeness (QED) is 0.473. The van der Waals surface area contributed by atoms with Crippen molar-refractivity contribution in [1.82, 2.24) is 0 Å². The third-order valence-electron chi connectivity index (χ3n) is 1.89. The molecule has 0 saturated heterocycles. The number of halogens is 1. The van der Waals surface area contributed by atoms with Crippen molar-refractivity contribution in [1.29, 1.82) is 0 Å². The maximum atomic E-state index is 3.90. The molecule has 0 aromatic heterocycles. The van der Waals surface area contributed by atoms with Gasteiger partial charge in [-0.15, -0.1) is 0 Å². The molecule has 1 fully saturated rings. The van der Waals surface area contributed by atoms with Crippen LogP contribution in [0.3, 0.4) is 0 Å². The summed E-state index contributed by atoms with van der Waals surface area (Å²) in [7, 11) is 0. The maximum Gasteiger partial charge on any atom is 0.0112 e. The summed E-state index contributed by atoms with van der Waals surface area (Å²) in [4.78, 5) is 0. The third kappa shape index (κ3) is 1.61. The van der Waals surface area contributed by atoms with Gasteiger partial charge in [0.15, 0.2) is 0 Å². The van der Waals surface area contributed by atoms with Crippen LogP contribution in [0.5, 0.6) is 0 Å². The maximum absolute atomic E-state index is 3.90. The Morgan fingerprint density at radius 3 is 2.50 bits per heavy atom. The Labute approximate surface area is 65.2 Å². The van der Waals surface area contributed by atoms with Crippen LogP contribution in [0.15, 0.2) is 0 Å². The summed E-state index contributed by atoms with van der Waals surface area (Å²) in [6.07, 6.45) is 5.43. The summed E-state index contributed by atoms with van der Waals surface area (Å²) in [5.74, 6) is 0.955. The highest BCUT2D eigenvalue weighted by atomic mass is 127. The molecule has 1 saturated carbocycles. The summed E-state index contributed by atoms with van der Waals surface area (Å²) < 4.78 is 0.958. The van der Waals surface area contributed by atoms with E-state index in [1.54, 1.807) is 0 Å². The van der Waals surface area contributed by atoms with E-state index in [0.717, 1.165) is 16.3 Å². The van der Waals surface area contributed by atoms with Gasteiger partial charge in [0, 0.05) is 3.92 Å². The van der Waals surface area contributed by atoms with Gasteiger partial charge in [0.1, 0.15) is 0 Å². The zero-order valence-electron chi connectivity index (χ0n) is 5.07. The van der Waals surface area contributed by atoms with Gasteiger partial charge >= 0.3 is 0 Å². The second-order valence-electron chi connectivity index (χ2n) is 2.57. The first-order chi connectivity index (χ1) is 3.83. The molecule has 47 valence electrons. The summed E-state index contributed by atoms with van der Waals surface area (Å²) >= 11 is 2.54. The Kier molecular flexibility index (Phi) is 2.60. The number of hydrogen-bond acceptors (Lipinski definition) is 0. The Morgan fingerprint density at radius 1 is 1.50 bits per heavy atom. The first-order valence-corrected chi connectivity index (χ1v) is 4.51. The summed E-state index contributed by atoms with van der Waals surface area (Å²) in [6, 6.07) is 0. The van der Waals surface area contributed by atoms with Crippen molar-refractivity contribution in [2.75, 3.05) is 0 Å². The molecule has 1 radical (unpaired) electrons. The first-order valence-electron chi connectivity index (χ1n) is 3.26. The van der Waals surface area contributed by atoms with Gasteiger partial charge in [0.2, 0.25) is 0 Å². The van der Waals surface area contributed by atoms with Crippen molar-refractivity contribution < 1.29 is 0 Å². The SMILES string of the molecule is [CH2]CC1CCC(I)C1. The lowest BCUT2D eigenvalue weighted by atomic mass is 10.1. The van der Waals surface area contributed by atoms with Crippen LogP contribution in [0.25, 0.3) is 0 Å². The van der Waals surface area contributed by atoms with E-state index in [2.05, 4.69) is 29.5 Å². The lowest BCUT2D eigenvalue weighted by Crippen LogP contribution is -1.91. The average molecular weight is 223 g/mol. The van der Waals surface area contributed by atoms with Crippen molar-refractivity contribution in [2.45, 2.75) is 29.6 Å². The highest BCUT2D eigenvalue weighted by Crippen LogP contribution is 2.32. The fourth-order valence-electron chi connectivity index (χ4n) is 1.28. The second-order valence-corrected chi connectivity index (χ2v) is 4.33. The predicted octanol–water partition coefficient (Wildman–Crippen LogP) is 2.81. The Morgan fingerprint density at radius 2 is 2.25 bits per heavy atom. The van der Waals surface area contributed by atoms with Crippen LogP contribution in [0.1, 0.15) is 25.7 Å². The van der Waals surface area contributed by atoms with Gasteiger partial charge in [-0.05, 0) is 25.2 Å². The molecule has 1 aliphatic rings. The Balaban J connectivity index is 2.22. The van der Waals surface area contributed by atoms with Gasteiger partial charge in [0.05, 0.1) is 0 Å². The molecule has 1 heteroatoms. The molecule has 0 bridgehead atoms. The molecule has 1 rings (SSSR count). The molecular weight excluding hydrogens is 211 g/mol. The minimum atomic E-state index is 0.955. The normalized spacial score (nSPS) is 38.2. The monoisotopic (exact) mass is 223 g/mol. The van der Waals surface area contributed by atoms with E-state index in [4.69, 9.17) is 0 Å². The van der Waals surface area contributed by atoms with Crippen LogP contribution >= 0.6 is 22.6 Å². The van der Waals surface area contributed by atoms with Crippen LogP contribution in [0.2, 0.25) is 0 Å². The van der Waals surface area contributed by atoms with Gasteiger partial charge in [-0.3, -0.25) is 0 Å². The Bertz CT molecular complexity index is 70.8. The minimum Gasteiger partial charge on any atom is -0.0826 e. The molecule has 0 N–H and O–H groups in total. The highest BCUT2D eigenvalue weighted by molar-refractivity contribution is 14.1. The van der Waals surface area contributed by atoms with E-state index in [1.807, 2.05) is 0 Å². The molecule has 0 aromatic carbocycles.